The molecule has 0 aliphatic carbocycles. The maximum absolute atomic E-state index is 8.84. The second kappa shape index (κ2) is 5.84. The number of likely N-dealkylation sites (N-methyl/N-ethyl adjacent to an activating group) is 1. The minimum atomic E-state index is 0. The van der Waals surface area contributed by atoms with E-state index >= 15 is 0 Å². The molecular formula is C11H21IN2O. The fraction of sp³-hybridized carbons (Fsp3) is 0.727. The highest BCUT2D eigenvalue weighted by Crippen LogP contribution is 2.25. The molecule has 0 aromatic rings. The summed E-state index contributed by atoms with van der Waals surface area (Å²) in [5, 5.41) is 12.2. The van der Waals surface area contributed by atoms with E-state index < -0.39 is 0 Å². The Morgan fingerprint density at radius 2 is 2.20 bits per heavy atom. The van der Waals surface area contributed by atoms with Crippen molar-refractivity contribution in [3.8, 4) is 0 Å². The average Bonchev–Trinajstić information content (AvgIpc) is 2.11. The molecule has 0 spiro atoms. The molecule has 1 rings (SSSR count). The summed E-state index contributed by atoms with van der Waals surface area (Å²) < 4.78 is 1.00. The van der Waals surface area contributed by atoms with Crippen molar-refractivity contribution in [3.05, 3.63) is 12.7 Å². The van der Waals surface area contributed by atoms with Gasteiger partial charge in [-0.25, -0.2) is 0 Å². The van der Waals surface area contributed by atoms with Crippen LogP contribution in [0.2, 0.25) is 0 Å². The molecule has 1 heterocycles. The van der Waals surface area contributed by atoms with Crippen LogP contribution in [0.3, 0.4) is 0 Å². The van der Waals surface area contributed by atoms with Crippen LogP contribution < -0.4 is 24.0 Å². The zero-order valence-electron chi connectivity index (χ0n) is 9.78. The third-order valence-corrected chi connectivity index (χ3v) is 3.50. The molecule has 3 unspecified atom stereocenters. The Labute approximate surface area is 109 Å². The van der Waals surface area contributed by atoms with Gasteiger partial charge in [-0.3, -0.25) is 0 Å². The van der Waals surface area contributed by atoms with Crippen LogP contribution >= 0.6 is 0 Å². The highest BCUT2D eigenvalue weighted by molar-refractivity contribution is 5.86. The summed E-state index contributed by atoms with van der Waals surface area (Å²) in [4.78, 5) is 0. The van der Waals surface area contributed by atoms with Crippen molar-refractivity contribution < 1.29 is 33.7 Å². The highest BCUT2D eigenvalue weighted by atomic mass is 127. The van der Waals surface area contributed by atoms with Crippen LogP contribution in [0, 0.1) is 5.92 Å². The zero-order valence-corrected chi connectivity index (χ0v) is 11.9. The smallest absolute Gasteiger partial charge is 0.0971 e. The summed E-state index contributed by atoms with van der Waals surface area (Å²) in [5.74, 6) is 0.376. The molecule has 0 bridgehead atoms. The Morgan fingerprint density at radius 3 is 2.67 bits per heavy atom. The summed E-state index contributed by atoms with van der Waals surface area (Å²) in [5.41, 5.74) is 0.942. The lowest BCUT2D eigenvalue weighted by molar-refractivity contribution is -0.930. The molecule has 0 saturated carbocycles. The lowest BCUT2D eigenvalue weighted by Crippen LogP contribution is -3.00. The van der Waals surface area contributed by atoms with E-state index in [-0.39, 0.29) is 24.0 Å². The van der Waals surface area contributed by atoms with Gasteiger partial charge in [0, 0.05) is 12.3 Å². The lowest BCUT2D eigenvalue weighted by Gasteiger charge is -2.45. The van der Waals surface area contributed by atoms with Gasteiger partial charge < -0.3 is 33.7 Å². The highest BCUT2D eigenvalue weighted by Gasteiger charge is 2.38. The second-order valence-corrected chi connectivity index (χ2v) is 4.68. The molecule has 0 aromatic carbocycles. The van der Waals surface area contributed by atoms with Crippen molar-refractivity contribution in [1.29, 1.82) is 0 Å². The van der Waals surface area contributed by atoms with Gasteiger partial charge in [0.1, 0.15) is 0 Å². The van der Waals surface area contributed by atoms with E-state index in [0.29, 0.717) is 12.0 Å². The molecule has 3 nitrogen and oxygen atoms in total. The van der Waals surface area contributed by atoms with Gasteiger partial charge in [0.2, 0.25) is 0 Å². The quantitative estimate of drug-likeness (QED) is 0.226. The van der Waals surface area contributed by atoms with Crippen LogP contribution in [0.25, 0.3) is 0 Å². The minimum absolute atomic E-state index is 0. The van der Waals surface area contributed by atoms with Crippen molar-refractivity contribution in [2.45, 2.75) is 26.3 Å². The van der Waals surface area contributed by atoms with Gasteiger partial charge in [-0.15, -0.1) is 0 Å². The maximum atomic E-state index is 8.84. The van der Waals surface area contributed by atoms with E-state index in [1.165, 1.54) is 0 Å². The predicted molar refractivity (Wildman–Crippen MR) is 58.6 cm³/mol. The number of piperidine rings is 1. The molecule has 1 aliphatic rings. The SMILES string of the molecule is C=CC[N+]1(C)CC(C)C(=NO)CC1C.[I-]. The van der Waals surface area contributed by atoms with E-state index in [1.807, 2.05) is 6.08 Å². The largest absolute Gasteiger partial charge is 1.00 e. The van der Waals surface area contributed by atoms with Crippen LogP contribution in [0.4, 0.5) is 0 Å². The van der Waals surface area contributed by atoms with Crippen LogP contribution in [0.5, 0.6) is 0 Å². The first-order valence-corrected chi connectivity index (χ1v) is 5.19. The van der Waals surface area contributed by atoms with Gasteiger partial charge in [-0.1, -0.05) is 18.7 Å². The number of hydrogen-bond acceptors (Lipinski definition) is 2. The standard InChI is InChI=1S/C11H20N2O.HI/c1-5-6-13(4)8-9(2)11(12-14)7-10(13)3;/h5,9-10H,1,6-8H2,2-4H3;1H. The summed E-state index contributed by atoms with van der Waals surface area (Å²) in [6.45, 7) is 10.2. The minimum Gasteiger partial charge on any atom is -1.00 e. The normalized spacial score (nSPS) is 38.5. The Balaban J connectivity index is 0.00000196. The number of oxime groups is 1. The van der Waals surface area contributed by atoms with Gasteiger partial charge in [0.25, 0.3) is 0 Å². The second-order valence-electron chi connectivity index (χ2n) is 4.68. The summed E-state index contributed by atoms with van der Waals surface area (Å²) in [7, 11) is 2.25. The number of likely N-dealkylation sites (tertiary alicyclic amines) is 1. The van der Waals surface area contributed by atoms with Gasteiger partial charge >= 0.3 is 0 Å². The molecule has 1 aliphatic heterocycles. The van der Waals surface area contributed by atoms with E-state index in [1.54, 1.807) is 0 Å². The first-order chi connectivity index (χ1) is 6.53. The third-order valence-electron chi connectivity index (χ3n) is 3.50. The fourth-order valence-corrected chi connectivity index (χ4v) is 2.32. The summed E-state index contributed by atoms with van der Waals surface area (Å²) >= 11 is 0. The van der Waals surface area contributed by atoms with Crippen LogP contribution in [-0.4, -0.2) is 41.6 Å². The van der Waals surface area contributed by atoms with Crippen molar-refractivity contribution in [2.24, 2.45) is 11.1 Å². The van der Waals surface area contributed by atoms with E-state index in [4.69, 9.17) is 5.21 Å². The topological polar surface area (TPSA) is 32.6 Å². The number of nitrogens with zero attached hydrogens (tertiary/aromatic N) is 2. The first kappa shape index (κ1) is 14.9. The van der Waals surface area contributed by atoms with Crippen LogP contribution in [0.1, 0.15) is 20.3 Å². The third kappa shape index (κ3) is 3.17. The Bertz CT molecular complexity index is 255. The number of rotatable bonds is 2. The molecule has 3 atom stereocenters. The number of hydrogen-bond donors (Lipinski definition) is 1. The van der Waals surface area contributed by atoms with Gasteiger partial charge in [0.05, 0.1) is 31.9 Å². The maximum Gasteiger partial charge on any atom is 0.0971 e. The molecule has 0 radical (unpaired) electrons. The van der Waals surface area contributed by atoms with Gasteiger partial charge in [0.15, 0.2) is 0 Å². The Morgan fingerprint density at radius 1 is 1.60 bits per heavy atom. The van der Waals surface area contributed by atoms with Gasteiger partial charge in [-0.2, -0.15) is 0 Å². The van der Waals surface area contributed by atoms with Crippen molar-refractivity contribution in [2.75, 3.05) is 20.1 Å². The van der Waals surface area contributed by atoms with E-state index in [9.17, 15) is 0 Å². The number of quaternary nitrogens is 1. The molecule has 4 heteroatoms. The summed E-state index contributed by atoms with van der Waals surface area (Å²) in [6, 6.07) is 0.509. The van der Waals surface area contributed by atoms with Crippen LogP contribution in [0.15, 0.2) is 17.8 Å². The lowest BCUT2D eigenvalue weighted by atomic mass is 9.90. The molecular weight excluding hydrogens is 303 g/mol. The molecule has 15 heavy (non-hydrogen) atoms. The fourth-order valence-electron chi connectivity index (χ4n) is 2.32. The Kier molecular flexibility index (Phi) is 5.80. The molecule has 1 saturated heterocycles. The number of halogens is 1. The molecule has 1 N–H and O–H groups in total. The predicted octanol–water partition coefficient (Wildman–Crippen LogP) is -1.12. The molecule has 88 valence electrons. The van der Waals surface area contributed by atoms with Crippen molar-refractivity contribution >= 4 is 5.71 Å². The van der Waals surface area contributed by atoms with E-state index in [0.717, 1.165) is 29.7 Å². The first-order valence-electron chi connectivity index (χ1n) is 5.19. The van der Waals surface area contributed by atoms with Crippen molar-refractivity contribution in [3.63, 3.8) is 0 Å². The van der Waals surface area contributed by atoms with E-state index in [2.05, 4.69) is 32.6 Å². The molecule has 0 aromatic heterocycles. The van der Waals surface area contributed by atoms with Gasteiger partial charge in [-0.05, 0) is 13.0 Å². The Hall–Kier alpha value is -0.100. The molecule has 1 fully saturated rings. The van der Waals surface area contributed by atoms with Crippen LogP contribution in [-0.2, 0) is 0 Å². The molecule has 0 amide bonds. The van der Waals surface area contributed by atoms with Crippen molar-refractivity contribution in [1.82, 2.24) is 0 Å². The zero-order chi connectivity index (χ0) is 10.8. The monoisotopic (exact) mass is 324 g/mol. The average molecular weight is 324 g/mol. The summed E-state index contributed by atoms with van der Waals surface area (Å²) in [6.07, 6.45) is 2.87.